The molecule has 1 aromatic carbocycles. The first kappa shape index (κ1) is 22.5. The Labute approximate surface area is 201 Å². The number of halogens is 1. The molecule has 0 aliphatic carbocycles. The quantitative estimate of drug-likeness (QED) is 0.393. The summed E-state index contributed by atoms with van der Waals surface area (Å²) < 4.78 is 0.911. The molecular formula is C23H28IN7O. The van der Waals surface area contributed by atoms with Gasteiger partial charge in [0.15, 0.2) is 11.6 Å². The molecule has 32 heavy (non-hydrogen) atoms. The molecule has 3 heterocycles. The van der Waals surface area contributed by atoms with Crippen molar-refractivity contribution in [2.45, 2.75) is 46.5 Å². The van der Waals surface area contributed by atoms with Crippen LogP contribution >= 0.6 is 22.6 Å². The van der Waals surface area contributed by atoms with Crippen molar-refractivity contribution >= 4 is 51.8 Å². The highest BCUT2D eigenvalue weighted by Gasteiger charge is 2.23. The molecule has 1 saturated heterocycles. The molecule has 168 valence electrons. The molecule has 0 bridgehead atoms. The highest BCUT2D eigenvalue weighted by molar-refractivity contribution is 14.1. The zero-order valence-corrected chi connectivity index (χ0v) is 20.9. The normalized spacial score (nSPS) is 14.5. The number of carbonyl (C=O) groups is 1. The van der Waals surface area contributed by atoms with Crippen molar-refractivity contribution in [3.8, 4) is 0 Å². The monoisotopic (exact) mass is 545 g/mol. The lowest BCUT2D eigenvalue weighted by Crippen LogP contribution is -2.36. The fraction of sp³-hybridized carbons (Fsp3) is 0.391. The Kier molecular flexibility index (Phi) is 6.63. The number of benzene rings is 1. The van der Waals surface area contributed by atoms with E-state index in [1.165, 1.54) is 11.1 Å². The largest absolute Gasteiger partial charge is 0.343 e. The van der Waals surface area contributed by atoms with Crippen LogP contribution in [0.15, 0.2) is 24.4 Å². The van der Waals surface area contributed by atoms with Gasteiger partial charge in [0.25, 0.3) is 0 Å². The second kappa shape index (κ2) is 9.43. The molecule has 2 aromatic heterocycles. The predicted molar refractivity (Wildman–Crippen MR) is 135 cm³/mol. The second-order valence-corrected chi connectivity index (χ2v) is 9.54. The molecule has 0 radical (unpaired) electrons. The topological polar surface area (TPSA) is 98.8 Å². The fourth-order valence-corrected chi connectivity index (χ4v) is 4.55. The highest BCUT2D eigenvalue weighted by Crippen LogP contribution is 2.34. The summed E-state index contributed by atoms with van der Waals surface area (Å²) in [6.07, 6.45) is 3.81. The first-order valence-corrected chi connectivity index (χ1v) is 11.8. The van der Waals surface area contributed by atoms with Gasteiger partial charge < -0.3 is 15.5 Å². The second-order valence-electron chi connectivity index (χ2n) is 8.38. The Balaban J connectivity index is 1.51. The average molecular weight is 545 g/mol. The minimum Gasteiger partial charge on any atom is -0.343 e. The molecule has 0 atom stereocenters. The summed E-state index contributed by atoms with van der Waals surface area (Å²) in [5, 5.41) is 13.8. The van der Waals surface area contributed by atoms with Gasteiger partial charge in [0.1, 0.15) is 0 Å². The lowest BCUT2D eigenvalue weighted by Gasteiger charge is -2.32. The Hall–Kier alpha value is -2.69. The molecule has 9 heteroatoms. The van der Waals surface area contributed by atoms with Crippen LogP contribution in [0.4, 0.5) is 23.3 Å². The Bertz CT molecular complexity index is 1140. The SMILES string of the molecule is CC(=O)N1CCC(c2cc(C)c(Nc3ncc(I)c(Nc4cc(C)[nH]n4)n3)cc2C)CC1. The van der Waals surface area contributed by atoms with Crippen molar-refractivity contribution in [2.75, 3.05) is 23.7 Å². The van der Waals surface area contributed by atoms with Crippen molar-refractivity contribution in [1.29, 1.82) is 0 Å². The molecule has 0 spiro atoms. The zero-order valence-electron chi connectivity index (χ0n) is 18.8. The van der Waals surface area contributed by atoms with E-state index in [-0.39, 0.29) is 5.91 Å². The van der Waals surface area contributed by atoms with Gasteiger partial charge >= 0.3 is 0 Å². The number of nitrogens with zero attached hydrogens (tertiary/aromatic N) is 4. The molecular weight excluding hydrogens is 517 g/mol. The summed E-state index contributed by atoms with van der Waals surface area (Å²) in [6, 6.07) is 6.37. The van der Waals surface area contributed by atoms with E-state index >= 15 is 0 Å². The van der Waals surface area contributed by atoms with Crippen LogP contribution in [0.2, 0.25) is 0 Å². The van der Waals surface area contributed by atoms with Crippen molar-refractivity contribution < 1.29 is 4.79 Å². The van der Waals surface area contributed by atoms with E-state index < -0.39 is 0 Å². The van der Waals surface area contributed by atoms with Crippen LogP contribution in [0.5, 0.6) is 0 Å². The summed E-state index contributed by atoms with van der Waals surface area (Å²) in [6.45, 7) is 9.53. The van der Waals surface area contributed by atoms with Gasteiger partial charge in [0.2, 0.25) is 11.9 Å². The number of piperidine rings is 1. The van der Waals surface area contributed by atoms with Crippen molar-refractivity contribution in [3.05, 3.63) is 50.4 Å². The molecule has 3 N–H and O–H groups in total. The number of hydrogen-bond acceptors (Lipinski definition) is 6. The summed E-state index contributed by atoms with van der Waals surface area (Å²) in [7, 11) is 0. The standard InChI is InChI=1S/C23H28IN7O/c1-13-10-20(14(2)9-18(13)17-5-7-31(8-6-17)16(4)32)26-23-25-12-19(24)22(28-23)27-21-11-15(3)29-30-21/h9-12,17H,5-8H2,1-4H3,(H3,25,26,27,28,29,30). The van der Waals surface area contributed by atoms with Gasteiger partial charge in [0, 0.05) is 43.7 Å². The molecule has 4 rings (SSSR count). The number of hydrogen-bond donors (Lipinski definition) is 3. The molecule has 3 aromatic rings. The molecule has 1 aliphatic heterocycles. The lowest BCUT2D eigenvalue weighted by molar-refractivity contribution is -0.129. The van der Waals surface area contributed by atoms with Gasteiger partial charge in [-0.3, -0.25) is 9.89 Å². The third kappa shape index (κ3) is 5.03. The third-order valence-corrected chi connectivity index (χ3v) is 6.73. The number of rotatable bonds is 5. The van der Waals surface area contributed by atoms with Crippen LogP contribution in [0, 0.1) is 24.3 Å². The van der Waals surface area contributed by atoms with E-state index in [0.29, 0.717) is 17.7 Å². The Morgan fingerprint density at radius 2 is 1.88 bits per heavy atom. The van der Waals surface area contributed by atoms with Gasteiger partial charge in [-0.15, -0.1) is 0 Å². The van der Waals surface area contributed by atoms with Gasteiger partial charge in [-0.1, -0.05) is 6.07 Å². The van der Waals surface area contributed by atoms with E-state index in [2.05, 4.69) is 79.4 Å². The van der Waals surface area contributed by atoms with Crippen LogP contribution in [-0.4, -0.2) is 44.1 Å². The van der Waals surface area contributed by atoms with E-state index in [9.17, 15) is 4.79 Å². The maximum absolute atomic E-state index is 11.6. The number of H-pyrrole nitrogens is 1. The number of aromatic nitrogens is 4. The number of carbonyl (C=O) groups excluding carboxylic acids is 1. The summed E-state index contributed by atoms with van der Waals surface area (Å²) >= 11 is 2.21. The van der Waals surface area contributed by atoms with E-state index in [1.54, 1.807) is 13.1 Å². The maximum Gasteiger partial charge on any atom is 0.229 e. The van der Waals surface area contributed by atoms with E-state index in [0.717, 1.165) is 52.3 Å². The van der Waals surface area contributed by atoms with Crippen molar-refractivity contribution in [3.63, 3.8) is 0 Å². The number of anilines is 4. The summed E-state index contributed by atoms with van der Waals surface area (Å²) in [5.74, 6) is 2.62. The minimum atomic E-state index is 0.171. The number of aromatic amines is 1. The van der Waals surface area contributed by atoms with E-state index in [1.807, 2.05) is 17.9 Å². The number of amides is 1. The fourth-order valence-electron chi connectivity index (χ4n) is 4.16. The van der Waals surface area contributed by atoms with Crippen LogP contribution in [0.25, 0.3) is 0 Å². The highest BCUT2D eigenvalue weighted by atomic mass is 127. The van der Waals surface area contributed by atoms with Crippen molar-refractivity contribution in [2.24, 2.45) is 0 Å². The third-order valence-electron chi connectivity index (χ3n) is 5.94. The summed E-state index contributed by atoms with van der Waals surface area (Å²) in [5.41, 5.74) is 5.74. The van der Waals surface area contributed by atoms with Crippen LogP contribution < -0.4 is 10.6 Å². The van der Waals surface area contributed by atoms with Crippen LogP contribution in [0.1, 0.15) is 48.1 Å². The predicted octanol–water partition coefficient (Wildman–Crippen LogP) is 4.94. The Morgan fingerprint density at radius 1 is 1.12 bits per heavy atom. The van der Waals surface area contributed by atoms with Gasteiger partial charge in [-0.2, -0.15) is 10.1 Å². The molecule has 1 fully saturated rings. The number of aryl methyl sites for hydroxylation is 3. The summed E-state index contributed by atoms with van der Waals surface area (Å²) in [4.78, 5) is 22.7. The van der Waals surface area contributed by atoms with Crippen LogP contribution in [0.3, 0.4) is 0 Å². The first-order chi connectivity index (χ1) is 15.3. The van der Waals surface area contributed by atoms with Gasteiger partial charge in [-0.05, 0) is 84.9 Å². The Morgan fingerprint density at radius 3 is 2.53 bits per heavy atom. The molecule has 0 unspecified atom stereocenters. The lowest BCUT2D eigenvalue weighted by atomic mass is 9.85. The zero-order chi connectivity index (χ0) is 22.8. The molecule has 0 saturated carbocycles. The van der Waals surface area contributed by atoms with Crippen LogP contribution in [-0.2, 0) is 4.79 Å². The smallest absolute Gasteiger partial charge is 0.229 e. The molecule has 1 amide bonds. The van der Waals surface area contributed by atoms with Crippen molar-refractivity contribution in [1.82, 2.24) is 25.1 Å². The van der Waals surface area contributed by atoms with Gasteiger partial charge in [-0.25, -0.2) is 4.98 Å². The molecule has 1 aliphatic rings. The molecule has 8 nitrogen and oxygen atoms in total. The average Bonchev–Trinajstić information content (AvgIpc) is 3.17. The van der Waals surface area contributed by atoms with Gasteiger partial charge in [0.05, 0.1) is 3.57 Å². The minimum absolute atomic E-state index is 0.171. The number of nitrogens with one attached hydrogen (secondary N) is 3. The first-order valence-electron chi connectivity index (χ1n) is 10.8. The number of likely N-dealkylation sites (tertiary alicyclic amines) is 1. The van der Waals surface area contributed by atoms with E-state index in [4.69, 9.17) is 0 Å². The maximum atomic E-state index is 11.6.